The number of nitrogens with zero attached hydrogens (tertiary/aromatic N) is 2. The van der Waals surface area contributed by atoms with Gasteiger partial charge in [-0.3, -0.25) is 0 Å². The van der Waals surface area contributed by atoms with Crippen LogP contribution in [-0.4, -0.2) is 16.6 Å². The van der Waals surface area contributed by atoms with Crippen molar-refractivity contribution in [1.29, 1.82) is 0 Å². The highest BCUT2D eigenvalue weighted by molar-refractivity contribution is 5.76. The molecule has 1 aromatic heterocycles. The molecule has 0 saturated carbocycles. The van der Waals surface area contributed by atoms with Crippen molar-refractivity contribution in [3.05, 3.63) is 29.8 Å². The van der Waals surface area contributed by atoms with Gasteiger partial charge in [0.05, 0.1) is 16.6 Å². The number of imidazole rings is 1. The summed E-state index contributed by atoms with van der Waals surface area (Å²) in [4.78, 5) is 4.48. The summed E-state index contributed by atoms with van der Waals surface area (Å²) in [5.74, 6) is 0.648. The lowest BCUT2D eigenvalue weighted by Crippen LogP contribution is -2.35. The minimum absolute atomic E-state index is 0.232. The molecule has 2 aromatic rings. The Bertz CT molecular complexity index is 528. The van der Waals surface area contributed by atoms with E-state index >= 15 is 0 Å². The highest BCUT2D eigenvalue weighted by Crippen LogP contribution is 2.23. The zero-order chi connectivity index (χ0) is 11.9. The van der Waals surface area contributed by atoms with Gasteiger partial charge in [0.2, 0.25) is 0 Å². The van der Waals surface area contributed by atoms with Gasteiger partial charge in [0.15, 0.2) is 0 Å². The van der Waals surface area contributed by atoms with Gasteiger partial charge in [-0.1, -0.05) is 0 Å². The average Bonchev–Trinajstić information content (AvgIpc) is 2.56. The van der Waals surface area contributed by atoms with Crippen LogP contribution in [0, 0.1) is 5.82 Å². The van der Waals surface area contributed by atoms with Crippen LogP contribution in [0.25, 0.3) is 11.0 Å². The zero-order valence-corrected chi connectivity index (χ0v) is 10.0. The predicted molar refractivity (Wildman–Crippen MR) is 62.8 cm³/mol. The SMILES string of the molecule is CNC(C)(C)c1nc2cc(F)ccc2n1C. The van der Waals surface area contributed by atoms with E-state index in [2.05, 4.69) is 10.3 Å². The van der Waals surface area contributed by atoms with Gasteiger partial charge in [-0.2, -0.15) is 0 Å². The first-order valence-electron chi connectivity index (χ1n) is 5.27. The van der Waals surface area contributed by atoms with Gasteiger partial charge in [0.1, 0.15) is 11.6 Å². The number of hydrogen-bond donors (Lipinski definition) is 1. The third-order valence-electron chi connectivity index (χ3n) is 3.03. The van der Waals surface area contributed by atoms with Crippen LogP contribution in [0.3, 0.4) is 0 Å². The fourth-order valence-corrected chi connectivity index (χ4v) is 1.84. The van der Waals surface area contributed by atoms with Crippen LogP contribution < -0.4 is 5.32 Å². The van der Waals surface area contributed by atoms with Crippen molar-refractivity contribution in [1.82, 2.24) is 14.9 Å². The monoisotopic (exact) mass is 221 g/mol. The van der Waals surface area contributed by atoms with Crippen molar-refractivity contribution in [2.45, 2.75) is 19.4 Å². The third kappa shape index (κ3) is 1.59. The predicted octanol–water partition coefficient (Wildman–Crippen LogP) is 2.17. The van der Waals surface area contributed by atoms with Gasteiger partial charge in [0, 0.05) is 13.1 Å². The topological polar surface area (TPSA) is 29.9 Å². The number of benzene rings is 1. The first-order chi connectivity index (χ1) is 7.45. The molecule has 0 bridgehead atoms. The van der Waals surface area contributed by atoms with E-state index in [0.717, 1.165) is 11.3 Å². The summed E-state index contributed by atoms with van der Waals surface area (Å²) in [5.41, 5.74) is 1.41. The van der Waals surface area contributed by atoms with Crippen molar-refractivity contribution in [2.24, 2.45) is 7.05 Å². The van der Waals surface area contributed by atoms with Crippen molar-refractivity contribution in [2.75, 3.05) is 7.05 Å². The van der Waals surface area contributed by atoms with Gasteiger partial charge in [0.25, 0.3) is 0 Å². The minimum atomic E-state index is -0.251. The zero-order valence-electron chi connectivity index (χ0n) is 10.0. The molecule has 1 heterocycles. The molecule has 0 spiro atoms. The van der Waals surface area contributed by atoms with Gasteiger partial charge < -0.3 is 9.88 Å². The van der Waals surface area contributed by atoms with Crippen LogP contribution in [0.15, 0.2) is 18.2 Å². The molecule has 0 unspecified atom stereocenters. The van der Waals surface area contributed by atoms with E-state index in [1.807, 2.05) is 32.5 Å². The van der Waals surface area contributed by atoms with E-state index in [1.165, 1.54) is 12.1 Å². The molecule has 3 nitrogen and oxygen atoms in total. The molecule has 86 valence electrons. The molecule has 1 N–H and O–H groups in total. The molecular formula is C12H16FN3. The Balaban J connectivity index is 2.69. The fraction of sp³-hybridized carbons (Fsp3) is 0.417. The highest BCUT2D eigenvalue weighted by atomic mass is 19.1. The fourth-order valence-electron chi connectivity index (χ4n) is 1.84. The molecule has 0 fully saturated rings. The third-order valence-corrected chi connectivity index (χ3v) is 3.03. The number of hydrogen-bond acceptors (Lipinski definition) is 2. The van der Waals surface area contributed by atoms with E-state index in [-0.39, 0.29) is 11.4 Å². The Hall–Kier alpha value is -1.42. The molecule has 0 aliphatic rings. The van der Waals surface area contributed by atoms with E-state index < -0.39 is 0 Å². The number of aryl methyl sites for hydroxylation is 1. The van der Waals surface area contributed by atoms with E-state index in [0.29, 0.717) is 5.52 Å². The van der Waals surface area contributed by atoms with Crippen LogP contribution >= 0.6 is 0 Å². The Morgan fingerprint density at radius 2 is 2.06 bits per heavy atom. The average molecular weight is 221 g/mol. The van der Waals surface area contributed by atoms with Crippen molar-refractivity contribution < 1.29 is 4.39 Å². The standard InChI is InChI=1S/C12H16FN3/c1-12(2,14-3)11-15-9-7-8(13)5-6-10(9)16(11)4/h5-7,14H,1-4H3. The molecule has 1 aromatic carbocycles. The first-order valence-corrected chi connectivity index (χ1v) is 5.27. The molecular weight excluding hydrogens is 205 g/mol. The van der Waals surface area contributed by atoms with Crippen LogP contribution in [0.5, 0.6) is 0 Å². The van der Waals surface area contributed by atoms with Gasteiger partial charge in [-0.25, -0.2) is 9.37 Å². The summed E-state index contributed by atoms with van der Waals surface area (Å²) in [6.07, 6.45) is 0. The highest BCUT2D eigenvalue weighted by Gasteiger charge is 2.24. The Morgan fingerprint density at radius 3 is 2.69 bits per heavy atom. The smallest absolute Gasteiger partial charge is 0.129 e. The number of nitrogens with one attached hydrogen (secondary N) is 1. The second kappa shape index (κ2) is 3.56. The maximum absolute atomic E-state index is 13.1. The van der Waals surface area contributed by atoms with Gasteiger partial charge >= 0.3 is 0 Å². The minimum Gasteiger partial charge on any atom is -0.330 e. The van der Waals surface area contributed by atoms with E-state index in [1.54, 1.807) is 6.07 Å². The normalized spacial score (nSPS) is 12.3. The summed E-state index contributed by atoms with van der Waals surface area (Å²) in [5, 5.41) is 3.20. The van der Waals surface area contributed by atoms with Crippen LogP contribution in [0.4, 0.5) is 4.39 Å². The molecule has 0 aliphatic heterocycles. The lowest BCUT2D eigenvalue weighted by atomic mass is 10.1. The summed E-state index contributed by atoms with van der Waals surface area (Å²) >= 11 is 0. The first kappa shape index (κ1) is 11.1. The van der Waals surface area contributed by atoms with Crippen LogP contribution in [-0.2, 0) is 12.6 Å². The summed E-state index contributed by atoms with van der Waals surface area (Å²) in [7, 11) is 3.83. The van der Waals surface area contributed by atoms with Crippen molar-refractivity contribution >= 4 is 11.0 Å². The molecule has 0 atom stereocenters. The second-order valence-corrected chi connectivity index (χ2v) is 4.50. The van der Waals surface area contributed by atoms with Crippen molar-refractivity contribution in [3.8, 4) is 0 Å². The molecule has 0 saturated heterocycles. The maximum Gasteiger partial charge on any atom is 0.129 e. The quantitative estimate of drug-likeness (QED) is 0.842. The summed E-state index contributed by atoms with van der Waals surface area (Å²) in [6, 6.07) is 4.68. The molecule has 2 rings (SSSR count). The van der Waals surface area contributed by atoms with Gasteiger partial charge in [-0.15, -0.1) is 0 Å². The molecule has 0 amide bonds. The van der Waals surface area contributed by atoms with Crippen LogP contribution in [0.1, 0.15) is 19.7 Å². The maximum atomic E-state index is 13.1. The number of rotatable bonds is 2. The lowest BCUT2D eigenvalue weighted by Gasteiger charge is -2.23. The molecule has 0 aliphatic carbocycles. The van der Waals surface area contributed by atoms with E-state index in [9.17, 15) is 4.39 Å². The number of halogens is 1. The van der Waals surface area contributed by atoms with E-state index in [4.69, 9.17) is 0 Å². The Morgan fingerprint density at radius 1 is 1.38 bits per heavy atom. The molecule has 0 radical (unpaired) electrons. The molecule has 4 heteroatoms. The largest absolute Gasteiger partial charge is 0.330 e. The van der Waals surface area contributed by atoms with Crippen LogP contribution in [0.2, 0.25) is 0 Å². The Labute approximate surface area is 94.3 Å². The summed E-state index contributed by atoms with van der Waals surface area (Å²) in [6.45, 7) is 4.09. The lowest BCUT2D eigenvalue weighted by molar-refractivity contribution is 0.407. The second-order valence-electron chi connectivity index (χ2n) is 4.50. The summed E-state index contributed by atoms with van der Waals surface area (Å²) < 4.78 is 15.1. The number of aromatic nitrogens is 2. The number of fused-ring (bicyclic) bond motifs is 1. The molecule has 16 heavy (non-hydrogen) atoms. The van der Waals surface area contributed by atoms with Gasteiger partial charge in [-0.05, 0) is 33.0 Å². The Kier molecular flexibility index (Phi) is 2.46. The van der Waals surface area contributed by atoms with Crippen molar-refractivity contribution in [3.63, 3.8) is 0 Å².